The summed E-state index contributed by atoms with van der Waals surface area (Å²) in [5.74, 6) is 0.192. The molecule has 2 rings (SSSR count). The first kappa shape index (κ1) is 9.91. The van der Waals surface area contributed by atoms with E-state index >= 15 is 0 Å². The van der Waals surface area contributed by atoms with Gasteiger partial charge in [-0.25, -0.2) is 0 Å². The number of carbonyl (C=O) groups is 1. The van der Waals surface area contributed by atoms with Gasteiger partial charge in [-0.1, -0.05) is 0 Å². The SMILES string of the molecule is CN1CCN(C(=O)c2nc(N)n[nH]2)CC1. The van der Waals surface area contributed by atoms with Crippen molar-refractivity contribution >= 4 is 11.9 Å². The van der Waals surface area contributed by atoms with E-state index in [0.717, 1.165) is 26.2 Å². The summed E-state index contributed by atoms with van der Waals surface area (Å²) in [6.45, 7) is 3.20. The van der Waals surface area contributed by atoms with Crippen LogP contribution in [0, 0.1) is 0 Å². The Morgan fingerprint density at radius 2 is 2.07 bits per heavy atom. The molecule has 0 aromatic carbocycles. The summed E-state index contributed by atoms with van der Waals surface area (Å²) >= 11 is 0. The normalized spacial score (nSPS) is 18.1. The Kier molecular flexibility index (Phi) is 2.55. The van der Waals surface area contributed by atoms with E-state index in [1.807, 2.05) is 7.05 Å². The van der Waals surface area contributed by atoms with E-state index in [-0.39, 0.29) is 17.7 Å². The van der Waals surface area contributed by atoms with E-state index in [1.165, 1.54) is 0 Å². The Hall–Kier alpha value is -1.63. The maximum Gasteiger partial charge on any atom is 0.291 e. The van der Waals surface area contributed by atoms with E-state index in [2.05, 4.69) is 20.1 Å². The number of likely N-dealkylation sites (N-methyl/N-ethyl adjacent to an activating group) is 1. The molecule has 15 heavy (non-hydrogen) atoms. The minimum atomic E-state index is -0.132. The first-order chi connectivity index (χ1) is 7.16. The summed E-state index contributed by atoms with van der Waals surface area (Å²) in [4.78, 5) is 19.6. The number of anilines is 1. The van der Waals surface area contributed by atoms with Gasteiger partial charge in [0, 0.05) is 26.2 Å². The molecule has 1 aliphatic rings. The minimum Gasteiger partial charge on any atom is -0.366 e. The number of aromatic amines is 1. The lowest BCUT2D eigenvalue weighted by Gasteiger charge is -2.31. The van der Waals surface area contributed by atoms with Crippen molar-refractivity contribution in [2.75, 3.05) is 39.0 Å². The van der Waals surface area contributed by atoms with Crippen molar-refractivity contribution in [3.8, 4) is 0 Å². The Labute approximate surface area is 87.3 Å². The molecule has 1 amide bonds. The highest BCUT2D eigenvalue weighted by molar-refractivity contribution is 5.90. The van der Waals surface area contributed by atoms with Crippen molar-refractivity contribution in [3.05, 3.63) is 5.82 Å². The van der Waals surface area contributed by atoms with Crippen LogP contribution in [0.5, 0.6) is 0 Å². The van der Waals surface area contributed by atoms with Crippen LogP contribution in [0.25, 0.3) is 0 Å². The fourth-order valence-electron chi connectivity index (χ4n) is 1.53. The monoisotopic (exact) mass is 210 g/mol. The zero-order chi connectivity index (χ0) is 10.8. The third-order valence-corrected chi connectivity index (χ3v) is 2.50. The first-order valence-corrected chi connectivity index (χ1v) is 4.82. The topological polar surface area (TPSA) is 91.1 Å². The fourth-order valence-corrected chi connectivity index (χ4v) is 1.53. The summed E-state index contributed by atoms with van der Waals surface area (Å²) < 4.78 is 0. The van der Waals surface area contributed by atoms with Crippen molar-refractivity contribution in [2.45, 2.75) is 0 Å². The number of nitrogens with zero attached hydrogens (tertiary/aromatic N) is 4. The van der Waals surface area contributed by atoms with Gasteiger partial charge in [0.2, 0.25) is 11.8 Å². The predicted octanol–water partition coefficient (Wildman–Crippen LogP) is -1.23. The van der Waals surface area contributed by atoms with E-state index in [4.69, 9.17) is 5.73 Å². The average Bonchev–Trinajstić information content (AvgIpc) is 2.65. The van der Waals surface area contributed by atoms with Crippen LogP contribution in [-0.2, 0) is 0 Å². The molecule has 1 aliphatic heterocycles. The van der Waals surface area contributed by atoms with Gasteiger partial charge in [0.1, 0.15) is 0 Å². The molecule has 1 aromatic heterocycles. The standard InChI is InChI=1S/C8H14N6O/c1-13-2-4-14(5-3-13)7(15)6-10-8(9)12-11-6/h2-5H2,1H3,(H3,9,10,11,12). The number of amides is 1. The number of nitrogen functional groups attached to an aromatic ring is 1. The zero-order valence-corrected chi connectivity index (χ0v) is 8.60. The molecule has 2 heterocycles. The highest BCUT2D eigenvalue weighted by Crippen LogP contribution is 2.04. The summed E-state index contributed by atoms with van der Waals surface area (Å²) in [5, 5.41) is 6.15. The van der Waals surface area contributed by atoms with Crippen LogP contribution >= 0.6 is 0 Å². The Balaban J connectivity index is 2.02. The number of nitrogens with two attached hydrogens (primary N) is 1. The van der Waals surface area contributed by atoms with Crippen molar-refractivity contribution in [3.63, 3.8) is 0 Å². The highest BCUT2D eigenvalue weighted by atomic mass is 16.2. The van der Waals surface area contributed by atoms with E-state index < -0.39 is 0 Å². The molecule has 7 heteroatoms. The lowest BCUT2D eigenvalue weighted by Crippen LogP contribution is -2.47. The van der Waals surface area contributed by atoms with Crippen LogP contribution in [0.2, 0.25) is 0 Å². The predicted molar refractivity (Wildman–Crippen MR) is 54.2 cm³/mol. The second kappa shape index (κ2) is 3.85. The van der Waals surface area contributed by atoms with Crippen LogP contribution in [0.1, 0.15) is 10.6 Å². The molecule has 0 spiro atoms. The van der Waals surface area contributed by atoms with Crippen molar-refractivity contribution in [2.24, 2.45) is 0 Å². The number of H-pyrrole nitrogens is 1. The third kappa shape index (κ3) is 2.07. The van der Waals surface area contributed by atoms with Crippen LogP contribution in [0.3, 0.4) is 0 Å². The molecule has 82 valence electrons. The summed E-state index contributed by atoms with van der Waals surface area (Å²) in [6.07, 6.45) is 0. The maximum absolute atomic E-state index is 11.8. The van der Waals surface area contributed by atoms with Crippen LogP contribution in [-0.4, -0.2) is 64.1 Å². The van der Waals surface area contributed by atoms with Gasteiger partial charge in [-0.2, -0.15) is 4.98 Å². The molecule has 0 atom stereocenters. The molecule has 1 fully saturated rings. The van der Waals surface area contributed by atoms with Crippen molar-refractivity contribution in [1.82, 2.24) is 25.0 Å². The molecule has 0 bridgehead atoms. The van der Waals surface area contributed by atoms with Gasteiger partial charge in [0.25, 0.3) is 5.91 Å². The number of rotatable bonds is 1. The molecule has 7 nitrogen and oxygen atoms in total. The lowest BCUT2D eigenvalue weighted by atomic mass is 10.3. The summed E-state index contributed by atoms with van der Waals surface area (Å²) in [5.41, 5.74) is 5.34. The molecule has 3 N–H and O–H groups in total. The first-order valence-electron chi connectivity index (χ1n) is 4.82. The van der Waals surface area contributed by atoms with Crippen molar-refractivity contribution < 1.29 is 4.79 Å². The van der Waals surface area contributed by atoms with Crippen LogP contribution in [0.4, 0.5) is 5.95 Å². The number of carbonyl (C=O) groups excluding carboxylic acids is 1. The molecule has 0 saturated carbocycles. The summed E-state index contributed by atoms with van der Waals surface area (Å²) in [7, 11) is 2.04. The number of piperazine rings is 1. The second-order valence-electron chi connectivity index (χ2n) is 3.64. The number of hydrogen-bond acceptors (Lipinski definition) is 5. The maximum atomic E-state index is 11.8. The number of nitrogens with one attached hydrogen (secondary N) is 1. The van der Waals surface area contributed by atoms with Gasteiger partial charge < -0.3 is 15.5 Å². The van der Waals surface area contributed by atoms with E-state index in [1.54, 1.807) is 4.90 Å². The van der Waals surface area contributed by atoms with Crippen LogP contribution in [0.15, 0.2) is 0 Å². The molecular formula is C8H14N6O. The zero-order valence-electron chi connectivity index (χ0n) is 8.60. The molecular weight excluding hydrogens is 196 g/mol. The van der Waals surface area contributed by atoms with E-state index in [0.29, 0.717) is 0 Å². The largest absolute Gasteiger partial charge is 0.366 e. The molecule has 0 radical (unpaired) electrons. The number of hydrogen-bond donors (Lipinski definition) is 2. The van der Waals surface area contributed by atoms with Gasteiger partial charge >= 0.3 is 0 Å². The Morgan fingerprint density at radius 3 is 2.60 bits per heavy atom. The molecule has 0 unspecified atom stereocenters. The third-order valence-electron chi connectivity index (χ3n) is 2.50. The fraction of sp³-hybridized carbons (Fsp3) is 0.625. The Morgan fingerprint density at radius 1 is 1.40 bits per heavy atom. The highest BCUT2D eigenvalue weighted by Gasteiger charge is 2.22. The minimum absolute atomic E-state index is 0.104. The van der Waals surface area contributed by atoms with Crippen LogP contribution < -0.4 is 5.73 Å². The van der Waals surface area contributed by atoms with E-state index in [9.17, 15) is 4.79 Å². The Bertz CT molecular complexity index is 354. The van der Waals surface area contributed by atoms with Gasteiger partial charge in [0.05, 0.1) is 0 Å². The van der Waals surface area contributed by atoms with Gasteiger partial charge in [-0.05, 0) is 7.05 Å². The molecule has 1 saturated heterocycles. The quantitative estimate of drug-likeness (QED) is 0.606. The average molecular weight is 210 g/mol. The van der Waals surface area contributed by atoms with Crippen molar-refractivity contribution in [1.29, 1.82) is 0 Å². The molecule has 1 aromatic rings. The summed E-state index contributed by atoms with van der Waals surface area (Å²) in [6, 6.07) is 0. The molecule has 0 aliphatic carbocycles. The smallest absolute Gasteiger partial charge is 0.291 e. The number of aromatic nitrogens is 3. The lowest BCUT2D eigenvalue weighted by molar-refractivity contribution is 0.0652. The van der Waals surface area contributed by atoms with Gasteiger partial charge in [0.15, 0.2) is 0 Å². The van der Waals surface area contributed by atoms with Gasteiger partial charge in [-0.15, -0.1) is 5.10 Å². The second-order valence-corrected chi connectivity index (χ2v) is 3.64. The van der Waals surface area contributed by atoms with Gasteiger partial charge in [-0.3, -0.25) is 9.89 Å².